The van der Waals surface area contributed by atoms with Gasteiger partial charge in [0.05, 0.1) is 7.11 Å². The van der Waals surface area contributed by atoms with Gasteiger partial charge in [0.2, 0.25) is 11.8 Å². The summed E-state index contributed by atoms with van der Waals surface area (Å²) in [5, 5.41) is 0. The van der Waals surface area contributed by atoms with Crippen LogP contribution in [0.15, 0.2) is 23.9 Å². The standard InChI is InChI=1S/C12H16N4O2/c1-8(9-3-4-9)7-10(17)15-16-12-13-6-5-11(14-12)18-2/h5-7,9H,3-4H2,1-2H3,(H,15,17)(H,13,14,16). The van der Waals surface area contributed by atoms with Crippen LogP contribution in [-0.4, -0.2) is 23.0 Å². The monoisotopic (exact) mass is 248 g/mol. The van der Waals surface area contributed by atoms with E-state index in [-0.39, 0.29) is 5.91 Å². The molecule has 18 heavy (non-hydrogen) atoms. The molecule has 0 spiro atoms. The van der Waals surface area contributed by atoms with Gasteiger partial charge in [-0.25, -0.2) is 4.98 Å². The number of rotatable bonds is 5. The summed E-state index contributed by atoms with van der Waals surface area (Å²) < 4.78 is 4.95. The molecule has 0 atom stereocenters. The van der Waals surface area contributed by atoms with Crippen LogP contribution >= 0.6 is 0 Å². The molecule has 6 nitrogen and oxygen atoms in total. The fraction of sp³-hybridized carbons (Fsp3) is 0.417. The Balaban J connectivity index is 1.86. The fourth-order valence-corrected chi connectivity index (χ4v) is 1.53. The molecular formula is C12H16N4O2. The van der Waals surface area contributed by atoms with E-state index in [0.29, 0.717) is 17.7 Å². The van der Waals surface area contributed by atoms with Crippen molar-refractivity contribution in [1.82, 2.24) is 15.4 Å². The molecular weight excluding hydrogens is 232 g/mol. The number of ether oxygens (including phenoxy) is 1. The molecule has 0 aliphatic heterocycles. The Morgan fingerprint density at radius 1 is 1.56 bits per heavy atom. The first-order valence-electron chi connectivity index (χ1n) is 5.80. The molecule has 1 fully saturated rings. The SMILES string of the molecule is COc1ccnc(NNC(=O)C=C(C)C2CC2)n1. The maximum atomic E-state index is 11.6. The lowest BCUT2D eigenvalue weighted by Gasteiger charge is -2.06. The molecule has 2 N–H and O–H groups in total. The zero-order valence-electron chi connectivity index (χ0n) is 10.4. The van der Waals surface area contributed by atoms with Crippen LogP contribution in [0.1, 0.15) is 19.8 Å². The second-order valence-electron chi connectivity index (χ2n) is 4.20. The molecule has 1 heterocycles. The third kappa shape index (κ3) is 3.44. The lowest BCUT2D eigenvalue weighted by Crippen LogP contribution is -2.29. The van der Waals surface area contributed by atoms with Gasteiger partial charge in [0.15, 0.2) is 0 Å². The van der Waals surface area contributed by atoms with Crippen LogP contribution in [0.4, 0.5) is 5.95 Å². The van der Waals surface area contributed by atoms with Gasteiger partial charge in [-0.3, -0.25) is 15.6 Å². The van der Waals surface area contributed by atoms with E-state index >= 15 is 0 Å². The Morgan fingerprint density at radius 2 is 2.33 bits per heavy atom. The number of anilines is 1. The molecule has 96 valence electrons. The maximum Gasteiger partial charge on any atom is 0.262 e. The molecule has 1 aliphatic carbocycles. The number of nitrogens with zero attached hydrogens (tertiary/aromatic N) is 2. The largest absolute Gasteiger partial charge is 0.481 e. The normalized spacial score (nSPS) is 15.1. The van der Waals surface area contributed by atoms with Crippen LogP contribution < -0.4 is 15.6 Å². The second-order valence-corrected chi connectivity index (χ2v) is 4.20. The Bertz CT molecular complexity index is 469. The zero-order valence-corrected chi connectivity index (χ0v) is 10.4. The molecule has 0 radical (unpaired) electrons. The molecule has 0 bridgehead atoms. The third-order valence-corrected chi connectivity index (χ3v) is 2.72. The van der Waals surface area contributed by atoms with Gasteiger partial charge in [0.1, 0.15) is 0 Å². The number of hydrogen-bond acceptors (Lipinski definition) is 5. The molecule has 1 aliphatic rings. The number of hydrogen-bond donors (Lipinski definition) is 2. The van der Waals surface area contributed by atoms with E-state index in [2.05, 4.69) is 20.8 Å². The topological polar surface area (TPSA) is 76.1 Å². The first-order chi connectivity index (χ1) is 8.69. The van der Waals surface area contributed by atoms with Crippen molar-refractivity contribution in [1.29, 1.82) is 0 Å². The Kier molecular flexibility index (Phi) is 3.76. The van der Waals surface area contributed by atoms with Crippen molar-refractivity contribution in [2.24, 2.45) is 5.92 Å². The minimum Gasteiger partial charge on any atom is -0.481 e. The highest BCUT2D eigenvalue weighted by molar-refractivity contribution is 5.88. The summed E-state index contributed by atoms with van der Waals surface area (Å²) in [7, 11) is 1.52. The molecule has 1 aromatic heterocycles. The van der Waals surface area contributed by atoms with Crippen molar-refractivity contribution in [3.05, 3.63) is 23.9 Å². The first kappa shape index (κ1) is 12.3. The molecule has 1 saturated carbocycles. The molecule has 2 rings (SSSR count). The summed E-state index contributed by atoms with van der Waals surface area (Å²) in [5.74, 6) is 1.11. The molecule has 1 amide bonds. The van der Waals surface area contributed by atoms with E-state index in [1.165, 1.54) is 20.0 Å². The van der Waals surface area contributed by atoms with Crippen molar-refractivity contribution >= 4 is 11.9 Å². The van der Waals surface area contributed by atoms with Gasteiger partial charge in [-0.2, -0.15) is 4.98 Å². The van der Waals surface area contributed by atoms with E-state index in [0.717, 1.165) is 5.57 Å². The van der Waals surface area contributed by atoms with E-state index in [4.69, 9.17) is 4.74 Å². The average Bonchev–Trinajstić information content (AvgIpc) is 3.21. The molecule has 0 saturated heterocycles. The second kappa shape index (κ2) is 5.48. The predicted molar refractivity (Wildman–Crippen MR) is 66.8 cm³/mol. The summed E-state index contributed by atoms with van der Waals surface area (Å²) in [6, 6.07) is 1.63. The number of aromatic nitrogens is 2. The number of methoxy groups -OCH3 is 1. The van der Waals surface area contributed by atoms with Gasteiger partial charge in [-0.1, -0.05) is 5.57 Å². The van der Waals surface area contributed by atoms with Crippen molar-refractivity contribution in [3.8, 4) is 5.88 Å². The summed E-state index contributed by atoms with van der Waals surface area (Å²) in [6.07, 6.45) is 5.51. The van der Waals surface area contributed by atoms with Crippen LogP contribution in [0.5, 0.6) is 5.88 Å². The van der Waals surface area contributed by atoms with Gasteiger partial charge in [-0.05, 0) is 25.7 Å². The molecule has 0 unspecified atom stereocenters. The van der Waals surface area contributed by atoms with Crippen LogP contribution in [0.25, 0.3) is 0 Å². The lowest BCUT2D eigenvalue weighted by molar-refractivity contribution is -0.116. The Hall–Kier alpha value is -2.11. The van der Waals surface area contributed by atoms with E-state index in [9.17, 15) is 4.79 Å². The van der Waals surface area contributed by atoms with Crippen molar-refractivity contribution < 1.29 is 9.53 Å². The summed E-state index contributed by atoms with van der Waals surface area (Å²) in [4.78, 5) is 19.5. The summed E-state index contributed by atoms with van der Waals surface area (Å²) >= 11 is 0. The smallest absolute Gasteiger partial charge is 0.262 e. The Labute approximate surface area is 105 Å². The summed E-state index contributed by atoms with van der Waals surface area (Å²) in [6.45, 7) is 1.97. The third-order valence-electron chi connectivity index (χ3n) is 2.72. The summed E-state index contributed by atoms with van der Waals surface area (Å²) in [5.41, 5.74) is 6.27. The van der Waals surface area contributed by atoms with Crippen LogP contribution in [0.2, 0.25) is 0 Å². The number of nitrogens with one attached hydrogen (secondary N) is 2. The number of allylic oxidation sites excluding steroid dienone is 1. The van der Waals surface area contributed by atoms with E-state index in [1.54, 1.807) is 18.3 Å². The van der Waals surface area contributed by atoms with E-state index in [1.807, 2.05) is 6.92 Å². The van der Waals surface area contributed by atoms with E-state index < -0.39 is 0 Å². The van der Waals surface area contributed by atoms with Gasteiger partial charge >= 0.3 is 0 Å². The van der Waals surface area contributed by atoms with Crippen molar-refractivity contribution in [3.63, 3.8) is 0 Å². The minimum atomic E-state index is -0.203. The minimum absolute atomic E-state index is 0.203. The number of carbonyl (C=O) groups excluding carboxylic acids is 1. The quantitative estimate of drug-likeness (QED) is 0.606. The van der Waals surface area contributed by atoms with Crippen molar-refractivity contribution in [2.75, 3.05) is 12.5 Å². The van der Waals surface area contributed by atoms with Crippen LogP contribution in [0.3, 0.4) is 0 Å². The predicted octanol–water partition coefficient (Wildman–Crippen LogP) is 1.28. The van der Waals surface area contributed by atoms with Gasteiger partial charge in [-0.15, -0.1) is 0 Å². The first-order valence-corrected chi connectivity index (χ1v) is 5.80. The van der Waals surface area contributed by atoms with Crippen LogP contribution in [0, 0.1) is 5.92 Å². The highest BCUT2D eigenvalue weighted by atomic mass is 16.5. The van der Waals surface area contributed by atoms with Gasteiger partial charge < -0.3 is 4.74 Å². The van der Waals surface area contributed by atoms with Crippen molar-refractivity contribution in [2.45, 2.75) is 19.8 Å². The molecule has 1 aromatic rings. The number of hydrazine groups is 1. The Morgan fingerprint density at radius 3 is 3.00 bits per heavy atom. The number of carbonyl (C=O) groups is 1. The molecule has 0 aromatic carbocycles. The van der Waals surface area contributed by atoms with Gasteiger partial charge in [0.25, 0.3) is 5.91 Å². The lowest BCUT2D eigenvalue weighted by atomic mass is 10.2. The van der Waals surface area contributed by atoms with Crippen LogP contribution in [-0.2, 0) is 4.79 Å². The zero-order chi connectivity index (χ0) is 13.0. The highest BCUT2D eigenvalue weighted by Gasteiger charge is 2.23. The van der Waals surface area contributed by atoms with Gasteiger partial charge in [0, 0.05) is 18.3 Å². The molecule has 6 heteroatoms. The highest BCUT2D eigenvalue weighted by Crippen LogP contribution is 2.35. The fourth-order valence-electron chi connectivity index (χ4n) is 1.53. The average molecular weight is 248 g/mol. The maximum absolute atomic E-state index is 11.6. The number of amides is 1.